The number of halogens is 6. The number of allylic oxidation sites excluding steroid dienone is 1. The fourth-order valence-corrected chi connectivity index (χ4v) is 2.31. The zero-order valence-electron chi connectivity index (χ0n) is 15.9. The zero-order chi connectivity index (χ0) is 22.4. The molecular weight excluding hydrogens is 394 g/mol. The Bertz CT molecular complexity index is 580. The minimum Gasteiger partial charge on any atom is -0.462 e. The molecule has 0 radical (unpaired) electrons. The molecule has 0 saturated heterocycles. The van der Waals surface area contributed by atoms with Crippen molar-refractivity contribution in [2.24, 2.45) is 5.41 Å². The molecule has 0 aromatic rings. The van der Waals surface area contributed by atoms with Crippen molar-refractivity contribution >= 4 is 11.9 Å². The van der Waals surface area contributed by atoms with Crippen LogP contribution < -0.4 is 0 Å². The second-order valence-corrected chi connectivity index (χ2v) is 6.74. The van der Waals surface area contributed by atoms with E-state index in [-0.39, 0.29) is 11.8 Å². The Balaban J connectivity index is 5.52. The lowest BCUT2D eigenvalue weighted by Gasteiger charge is -2.34. The molecule has 0 aromatic carbocycles. The van der Waals surface area contributed by atoms with E-state index in [9.17, 15) is 35.9 Å². The molecule has 0 saturated carbocycles. The maximum Gasteiger partial charge on any atom is 0.449 e. The lowest BCUT2D eigenvalue weighted by Crippen LogP contribution is -2.65. The van der Waals surface area contributed by atoms with Gasteiger partial charge < -0.3 is 9.47 Å². The van der Waals surface area contributed by atoms with Crippen LogP contribution in [-0.2, 0) is 19.1 Å². The van der Waals surface area contributed by atoms with E-state index in [1.165, 1.54) is 0 Å². The van der Waals surface area contributed by atoms with Gasteiger partial charge in [0.2, 0.25) is 0 Å². The van der Waals surface area contributed by atoms with E-state index in [0.29, 0.717) is 19.3 Å². The molecular formula is C18H24F6O4. The molecule has 0 aliphatic rings. The molecule has 28 heavy (non-hydrogen) atoms. The molecule has 4 nitrogen and oxygen atoms in total. The van der Waals surface area contributed by atoms with Crippen LogP contribution in [0.15, 0.2) is 24.8 Å². The largest absolute Gasteiger partial charge is 0.462 e. The Hall–Kier alpha value is -2.00. The predicted molar refractivity (Wildman–Crippen MR) is 89.2 cm³/mol. The zero-order valence-corrected chi connectivity index (χ0v) is 15.9. The second kappa shape index (κ2) is 9.47. The van der Waals surface area contributed by atoms with Crippen LogP contribution in [0.4, 0.5) is 26.3 Å². The van der Waals surface area contributed by atoms with E-state index in [2.05, 4.69) is 22.6 Å². The standard InChI is InChI=1S/C18H24F6O4/c1-6-9-15(5,7-2)10-8-11-27-14(26)16(17(19,20)21,18(22,23)24)28-13(25)12(3)4/h6H,1,3,7-11H2,2,4-5H3. The maximum atomic E-state index is 13.3. The number of hydrogen-bond acceptors (Lipinski definition) is 4. The molecule has 0 rings (SSSR count). The van der Waals surface area contributed by atoms with Crippen molar-refractivity contribution in [3.8, 4) is 0 Å². The highest BCUT2D eigenvalue weighted by Crippen LogP contribution is 2.47. The summed E-state index contributed by atoms with van der Waals surface area (Å²) in [5, 5.41) is 0. The first-order valence-corrected chi connectivity index (χ1v) is 8.38. The van der Waals surface area contributed by atoms with Crippen LogP contribution in [0.1, 0.15) is 46.5 Å². The average molecular weight is 418 g/mol. The van der Waals surface area contributed by atoms with Gasteiger partial charge >= 0.3 is 29.9 Å². The third-order valence-corrected chi connectivity index (χ3v) is 4.33. The Morgan fingerprint density at radius 1 is 1.07 bits per heavy atom. The van der Waals surface area contributed by atoms with Gasteiger partial charge in [0.15, 0.2) is 0 Å². The van der Waals surface area contributed by atoms with Gasteiger partial charge in [-0.1, -0.05) is 32.9 Å². The summed E-state index contributed by atoms with van der Waals surface area (Å²) in [5.41, 5.74) is -6.45. The van der Waals surface area contributed by atoms with E-state index >= 15 is 0 Å². The normalized spacial score (nSPS) is 14.8. The fraction of sp³-hybridized carbons (Fsp3) is 0.667. The topological polar surface area (TPSA) is 52.6 Å². The van der Waals surface area contributed by atoms with Gasteiger partial charge in [-0.2, -0.15) is 26.3 Å². The molecule has 0 bridgehead atoms. The molecule has 0 amide bonds. The summed E-state index contributed by atoms with van der Waals surface area (Å²) in [6.45, 7) is 10.4. The summed E-state index contributed by atoms with van der Waals surface area (Å²) in [7, 11) is 0. The summed E-state index contributed by atoms with van der Waals surface area (Å²) < 4.78 is 87.4. The maximum absolute atomic E-state index is 13.3. The number of carbonyl (C=O) groups is 2. The van der Waals surface area contributed by atoms with E-state index in [1.54, 1.807) is 6.08 Å². The molecule has 1 unspecified atom stereocenters. The lowest BCUT2D eigenvalue weighted by atomic mass is 9.80. The van der Waals surface area contributed by atoms with Gasteiger partial charge in [0, 0.05) is 5.57 Å². The smallest absolute Gasteiger partial charge is 0.449 e. The molecule has 0 aromatic heterocycles. The fourth-order valence-electron chi connectivity index (χ4n) is 2.31. The van der Waals surface area contributed by atoms with Crippen LogP contribution >= 0.6 is 0 Å². The van der Waals surface area contributed by atoms with Gasteiger partial charge in [0.25, 0.3) is 0 Å². The van der Waals surface area contributed by atoms with Crippen molar-refractivity contribution in [2.45, 2.75) is 64.4 Å². The molecule has 0 heterocycles. The van der Waals surface area contributed by atoms with E-state index in [0.717, 1.165) is 6.92 Å². The van der Waals surface area contributed by atoms with Crippen molar-refractivity contribution in [1.82, 2.24) is 0 Å². The van der Waals surface area contributed by atoms with Crippen molar-refractivity contribution < 1.29 is 45.4 Å². The van der Waals surface area contributed by atoms with E-state index in [4.69, 9.17) is 0 Å². The van der Waals surface area contributed by atoms with Gasteiger partial charge in [-0.25, -0.2) is 9.59 Å². The number of carbonyl (C=O) groups excluding carboxylic acids is 2. The minimum atomic E-state index is -6.28. The number of esters is 2. The number of alkyl halides is 6. The minimum absolute atomic E-state index is 0.0180. The van der Waals surface area contributed by atoms with Gasteiger partial charge in [-0.05, 0) is 31.6 Å². The summed E-state index contributed by atoms with van der Waals surface area (Å²) in [4.78, 5) is 23.2. The van der Waals surface area contributed by atoms with Crippen LogP contribution in [0, 0.1) is 5.41 Å². The van der Waals surface area contributed by atoms with Crippen LogP contribution in [0.3, 0.4) is 0 Å². The van der Waals surface area contributed by atoms with Crippen molar-refractivity contribution in [1.29, 1.82) is 0 Å². The SMILES string of the molecule is C=CCC(C)(CC)CCCOC(=O)C(OC(=O)C(=C)C)(C(F)(F)F)C(F)(F)F. The van der Waals surface area contributed by atoms with Gasteiger partial charge in [0.05, 0.1) is 6.61 Å². The second-order valence-electron chi connectivity index (χ2n) is 6.74. The first-order valence-electron chi connectivity index (χ1n) is 8.38. The molecule has 0 N–H and O–H groups in total. The first kappa shape index (κ1) is 26.0. The van der Waals surface area contributed by atoms with Crippen molar-refractivity contribution in [2.75, 3.05) is 6.61 Å². The Morgan fingerprint density at radius 3 is 1.93 bits per heavy atom. The first-order chi connectivity index (χ1) is 12.6. The third-order valence-electron chi connectivity index (χ3n) is 4.33. The summed E-state index contributed by atoms with van der Waals surface area (Å²) in [5.74, 6) is -4.76. The highest BCUT2D eigenvalue weighted by molar-refractivity contribution is 5.92. The van der Waals surface area contributed by atoms with Gasteiger partial charge in [-0.15, -0.1) is 6.58 Å². The summed E-state index contributed by atoms with van der Waals surface area (Å²) >= 11 is 0. The highest BCUT2D eigenvalue weighted by atomic mass is 19.4. The quantitative estimate of drug-likeness (QED) is 0.159. The van der Waals surface area contributed by atoms with Crippen LogP contribution in [0.5, 0.6) is 0 Å². The highest BCUT2D eigenvalue weighted by Gasteiger charge is 2.80. The van der Waals surface area contributed by atoms with Crippen molar-refractivity contribution in [3.05, 3.63) is 24.8 Å². The molecule has 0 aliphatic carbocycles. The molecule has 10 heteroatoms. The third kappa shape index (κ3) is 6.00. The van der Waals surface area contributed by atoms with E-state index < -0.39 is 42.1 Å². The summed E-state index contributed by atoms with van der Waals surface area (Å²) in [6, 6.07) is 0. The van der Waals surface area contributed by atoms with Crippen LogP contribution in [0.25, 0.3) is 0 Å². The summed E-state index contributed by atoms with van der Waals surface area (Å²) in [6.07, 6.45) is -9.28. The van der Waals surface area contributed by atoms with Crippen LogP contribution in [-0.4, -0.2) is 36.5 Å². The molecule has 162 valence electrons. The number of hydrogen-bond donors (Lipinski definition) is 0. The molecule has 1 atom stereocenters. The van der Waals surface area contributed by atoms with Crippen LogP contribution in [0.2, 0.25) is 0 Å². The van der Waals surface area contributed by atoms with Gasteiger partial charge in [-0.3, -0.25) is 0 Å². The monoisotopic (exact) mass is 418 g/mol. The van der Waals surface area contributed by atoms with E-state index in [1.807, 2.05) is 13.8 Å². The Labute approximate surface area is 159 Å². The van der Waals surface area contributed by atoms with Gasteiger partial charge in [0.1, 0.15) is 0 Å². The number of ether oxygens (including phenoxy) is 2. The number of rotatable bonds is 10. The molecule has 0 aliphatic heterocycles. The average Bonchev–Trinajstić information content (AvgIpc) is 2.53. The van der Waals surface area contributed by atoms with Crippen molar-refractivity contribution in [3.63, 3.8) is 0 Å². The molecule has 0 spiro atoms. The lowest BCUT2D eigenvalue weighted by molar-refractivity contribution is -0.358. The molecule has 0 fully saturated rings. The Morgan fingerprint density at radius 2 is 1.57 bits per heavy atom. The Kier molecular flexibility index (Phi) is 8.79. The predicted octanol–water partition coefficient (Wildman–Crippen LogP) is 5.28.